The topological polar surface area (TPSA) is 50.8 Å². The van der Waals surface area contributed by atoms with Crippen molar-refractivity contribution in [2.75, 3.05) is 33.4 Å². The summed E-state index contributed by atoms with van der Waals surface area (Å²) in [6.07, 6.45) is 0.756. The Morgan fingerprint density at radius 1 is 1.12 bits per heavy atom. The van der Waals surface area contributed by atoms with Gasteiger partial charge in [0, 0.05) is 19.6 Å². The van der Waals surface area contributed by atoms with Gasteiger partial charge in [-0.25, -0.2) is 4.79 Å². The Morgan fingerprint density at radius 2 is 1.76 bits per heavy atom. The number of nitrogens with zero attached hydrogens (tertiary/aromatic N) is 1. The van der Waals surface area contributed by atoms with Gasteiger partial charge in [-0.3, -0.25) is 0 Å². The van der Waals surface area contributed by atoms with E-state index in [-0.39, 0.29) is 6.03 Å². The fourth-order valence-electron chi connectivity index (χ4n) is 2.69. The minimum absolute atomic E-state index is 0.0142. The Morgan fingerprint density at radius 3 is 2.28 bits per heavy atom. The van der Waals surface area contributed by atoms with Gasteiger partial charge in [0.15, 0.2) is 11.5 Å². The first kappa shape index (κ1) is 21.1. The summed E-state index contributed by atoms with van der Waals surface area (Å²) in [4.78, 5) is 14.3. The fraction of sp³-hybridized carbons (Fsp3) is 0.650. The van der Waals surface area contributed by atoms with Crippen LogP contribution in [0.3, 0.4) is 0 Å². The highest BCUT2D eigenvalue weighted by Gasteiger charge is 2.15. The predicted molar refractivity (Wildman–Crippen MR) is 103 cm³/mol. The lowest BCUT2D eigenvalue weighted by Gasteiger charge is -2.26. The molecule has 0 aliphatic heterocycles. The van der Waals surface area contributed by atoms with E-state index in [1.54, 1.807) is 7.11 Å². The molecule has 5 nitrogen and oxygen atoms in total. The number of rotatable bonds is 10. The van der Waals surface area contributed by atoms with Crippen molar-refractivity contribution in [2.24, 2.45) is 11.8 Å². The summed E-state index contributed by atoms with van der Waals surface area (Å²) in [5.41, 5.74) is 1.11. The highest BCUT2D eigenvalue weighted by Crippen LogP contribution is 2.28. The van der Waals surface area contributed by atoms with Crippen molar-refractivity contribution in [3.63, 3.8) is 0 Å². The van der Waals surface area contributed by atoms with Crippen molar-refractivity contribution in [1.82, 2.24) is 10.2 Å². The van der Waals surface area contributed by atoms with E-state index in [9.17, 15) is 4.79 Å². The maximum atomic E-state index is 12.4. The number of hydrogen-bond acceptors (Lipinski definition) is 3. The molecule has 1 N–H and O–H groups in total. The Bertz CT molecular complexity index is 520. The van der Waals surface area contributed by atoms with E-state index in [2.05, 4.69) is 33.0 Å². The van der Waals surface area contributed by atoms with Crippen molar-refractivity contribution in [1.29, 1.82) is 0 Å². The average Bonchev–Trinajstić information content (AvgIpc) is 2.54. The van der Waals surface area contributed by atoms with Gasteiger partial charge in [-0.1, -0.05) is 33.8 Å². The van der Waals surface area contributed by atoms with E-state index < -0.39 is 0 Å². The van der Waals surface area contributed by atoms with Crippen LogP contribution in [0.5, 0.6) is 11.5 Å². The molecule has 0 fully saturated rings. The van der Waals surface area contributed by atoms with E-state index >= 15 is 0 Å². The van der Waals surface area contributed by atoms with Crippen LogP contribution in [-0.2, 0) is 6.42 Å². The molecule has 2 amide bonds. The normalized spacial score (nSPS) is 10.9. The maximum absolute atomic E-state index is 12.4. The molecule has 142 valence electrons. The summed E-state index contributed by atoms with van der Waals surface area (Å²) in [5, 5.41) is 3.03. The summed E-state index contributed by atoms with van der Waals surface area (Å²) >= 11 is 0. The van der Waals surface area contributed by atoms with E-state index in [1.807, 2.05) is 30.0 Å². The Hall–Kier alpha value is -1.91. The number of amides is 2. The second kappa shape index (κ2) is 10.9. The third-order valence-electron chi connectivity index (χ3n) is 3.68. The molecule has 0 saturated heterocycles. The number of nitrogens with one attached hydrogen (secondary N) is 1. The zero-order valence-corrected chi connectivity index (χ0v) is 16.6. The van der Waals surface area contributed by atoms with Gasteiger partial charge in [0.05, 0.1) is 13.7 Å². The molecule has 0 heterocycles. The molecule has 5 heteroatoms. The molecule has 0 spiro atoms. The van der Waals surface area contributed by atoms with Crippen LogP contribution in [0.1, 0.15) is 40.2 Å². The standard InChI is InChI=1S/C20H34N2O3/c1-7-25-18-9-8-17(12-19(18)24-6)10-11-21-20(23)22(13-15(2)3)14-16(4)5/h8-9,12,15-16H,7,10-11,13-14H2,1-6H3,(H,21,23). The van der Waals surface area contributed by atoms with Crippen LogP contribution >= 0.6 is 0 Å². The molecule has 1 aromatic carbocycles. The van der Waals surface area contributed by atoms with Gasteiger partial charge in [-0.05, 0) is 42.9 Å². The van der Waals surface area contributed by atoms with Crippen LogP contribution in [0, 0.1) is 11.8 Å². The van der Waals surface area contributed by atoms with Crippen LogP contribution in [0.25, 0.3) is 0 Å². The number of benzene rings is 1. The lowest BCUT2D eigenvalue weighted by molar-refractivity contribution is 0.183. The van der Waals surface area contributed by atoms with Gasteiger partial charge >= 0.3 is 6.03 Å². The highest BCUT2D eigenvalue weighted by molar-refractivity contribution is 5.74. The van der Waals surface area contributed by atoms with Gasteiger partial charge < -0.3 is 19.7 Å². The number of carbonyl (C=O) groups excluding carboxylic acids is 1. The van der Waals surface area contributed by atoms with Crippen molar-refractivity contribution in [2.45, 2.75) is 41.0 Å². The molecular weight excluding hydrogens is 316 g/mol. The van der Waals surface area contributed by atoms with Crippen molar-refractivity contribution in [3.05, 3.63) is 23.8 Å². The molecule has 0 aliphatic carbocycles. The Balaban J connectivity index is 2.58. The summed E-state index contributed by atoms with van der Waals surface area (Å²) < 4.78 is 10.9. The molecular formula is C20H34N2O3. The molecule has 0 saturated carbocycles. The van der Waals surface area contributed by atoms with Crippen LogP contribution in [0.15, 0.2) is 18.2 Å². The molecule has 0 bridgehead atoms. The van der Waals surface area contributed by atoms with E-state index in [4.69, 9.17) is 9.47 Å². The molecule has 0 radical (unpaired) electrons. The van der Waals surface area contributed by atoms with E-state index in [1.165, 1.54) is 0 Å². The number of ether oxygens (including phenoxy) is 2. The van der Waals surface area contributed by atoms with Crippen molar-refractivity contribution < 1.29 is 14.3 Å². The molecule has 1 aromatic rings. The van der Waals surface area contributed by atoms with Crippen LogP contribution < -0.4 is 14.8 Å². The second-order valence-electron chi connectivity index (χ2n) is 7.09. The van der Waals surface area contributed by atoms with E-state index in [0.717, 1.165) is 36.6 Å². The minimum atomic E-state index is 0.0142. The van der Waals surface area contributed by atoms with Gasteiger partial charge in [-0.2, -0.15) is 0 Å². The predicted octanol–water partition coefficient (Wildman–Crippen LogP) is 3.96. The molecule has 0 aromatic heterocycles. The molecule has 0 unspecified atom stereocenters. The largest absolute Gasteiger partial charge is 0.493 e. The SMILES string of the molecule is CCOc1ccc(CCNC(=O)N(CC(C)C)CC(C)C)cc1OC. The number of carbonyl (C=O) groups is 1. The summed E-state index contributed by atoms with van der Waals surface area (Å²) in [6.45, 7) is 13.2. The maximum Gasteiger partial charge on any atom is 0.317 e. The third-order valence-corrected chi connectivity index (χ3v) is 3.68. The van der Waals surface area contributed by atoms with E-state index in [0.29, 0.717) is 25.0 Å². The first-order valence-electron chi connectivity index (χ1n) is 9.19. The number of hydrogen-bond donors (Lipinski definition) is 1. The number of urea groups is 1. The molecule has 0 aliphatic rings. The van der Waals surface area contributed by atoms with Crippen LogP contribution in [0.2, 0.25) is 0 Å². The third kappa shape index (κ3) is 7.67. The molecule has 25 heavy (non-hydrogen) atoms. The summed E-state index contributed by atoms with van der Waals surface area (Å²) in [6, 6.07) is 5.92. The quantitative estimate of drug-likeness (QED) is 0.695. The van der Waals surface area contributed by atoms with Gasteiger partial charge in [0.1, 0.15) is 0 Å². The first-order chi connectivity index (χ1) is 11.9. The lowest BCUT2D eigenvalue weighted by Crippen LogP contribution is -2.44. The summed E-state index contributed by atoms with van der Waals surface area (Å²) in [7, 11) is 1.64. The number of methoxy groups -OCH3 is 1. The van der Waals surface area contributed by atoms with Gasteiger partial charge in [0.2, 0.25) is 0 Å². The zero-order chi connectivity index (χ0) is 18.8. The molecule has 1 rings (SSSR count). The summed E-state index contributed by atoms with van der Waals surface area (Å²) in [5.74, 6) is 2.39. The first-order valence-corrected chi connectivity index (χ1v) is 9.19. The Kier molecular flexibility index (Phi) is 9.17. The highest BCUT2D eigenvalue weighted by atomic mass is 16.5. The monoisotopic (exact) mass is 350 g/mol. The fourth-order valence-corrected chi connectivity index (χ4v) is 2.69. The van der Waals surface area contributed by atoms with Gasteiger partial charge in [-0.15, -0.1) is 0 Å². The Labute approximate surface area is 152 Å². The van der Waals surface area contributed by atoms with Crippen LogP contribution in [0.4, 0.5) is 4.79 Å². The lowest BCUT2D eigenvalue weighted by atomic mass is 10.1. The smallest absolute Gasteiger partial charge is 0.317 e. The average molecular weight is 351 g/mol. The minimum Gasteiger partial charge on any atom is -0.493 e. The second-order valence-corrected chi connectivity index (χ2v) is 7.09. The van der Waals surface area contributed by atoms with Crippen LogP contribution in [-0.4, -0.2) is 44.3 Å². The van der Waals surface area contributed by atoms with Crippen molar-refractivity contribution >= 4 is 6.03 Å². The zero-order valence-electron chi connectivity index (χ0n) is 16.6. The molecule has 0 atom stereocenters. The van der Waals surface area contributed by atoms with Gasteiger partial charge in [0.25, 0.3) is 0 Å². The van der Waals surface area contributed by atoms with Crippen molar-refractivity contribution in [3.8, 4) is 11.5 Å².